The Bertz CT molecular complexity index is 1380. The maximum Gasteiger partial charge on any atom is 0.297 e. The number of amides is 1. The number of hydrogen-bond acceptors (Lipinski definition) is 6. The van der Waals surface area contributed by atoms with E-state index < -0.39 is 15.3 Å². The molecule has 2 aromatic heterocycles. The lowest BCUT2D eigenvalue weighted by Crippen LogP contribution is -2.31. The summed E-state index contributed by atoms with van der Waals surface area (Å²) in [6.45, 7) is 0.175. The predicted molar refractivity (Wildman–Crippen MR) is 133 cm³/mol. The summed E-state index contributed by atoms with van der Waals surface area (Å²) < 4.78 is 31.9. The Morgan fingerprint density at radius 2 is 1.94 bits per heavy atom. The molecule has 34 heavy (non-hydrogen) atoms. The van der Waals surface area contributed by atoms with Gasteiger partial charge in [-0.3, -0.25) is 9.10 Å². The molecule has 0 saturated carbocycles. The van der Waals surface area contributed by atoms with Crippen LogP contribution < -0.4 is 9.62 Å². The Morgan fingerprint density at radius 3 is 2.65 bits per heavy atom. The molecule has 0 radical (unpaired) electrons. The monoisotopic (exact) mass is 497 g/mol. The van der Waals surface area contributed by atoms with Gasteiger partial charge >= 0.3 is 0 Å². The van der Waals surface area contributed by atoms with E-state index in [2.05, 4.69) is 10.3 Å². The van der Waals surface area contributed by atoms with Gasteiger partial charge in [0.15, 0.2) is 0 Å². The first-order valence-electron chi connectivity index (χ1n) is 10.4. The van der Waals surface area contributed by atoms with Crippen LogP contribution in [0.3, 0.4) is 0 Å². The van der Waals surface area contributed by atoms with Gasteiger partial charge in [0.05, 0.1) is 22.7 Å². The molecule has 2 aromatic carbocycles. The van der Waals surface area contributed by atoms with Crippen molar-refractivity contribution in [3.05, 3.63) is 84.3 Å². The molecule has 4 rings (SSSR count). The SMILES string of the molecule is CN(c1cccc2cc(C(=O)NCC(C=O)SCc3ccccc3)[nH]c12)S(=O)(=O)c1ccco1. The molecule has 2 N–H and O–H groups in total. The van der Waals surface area contributed by atoms with E-state index >= 15 is 0 Å². The number of carbonyl (C=O) groups is 2. The van der Waals surface area contributed by atoms with E-state index in [1.165, 1.54) is 37.2 Å². The van der Waals surface area contributed by atoms with Gasteiger partial charge in [-0.1, -0.05) is 42.5 Å². The Kier molecular flexibility index (Phi) is 7.09. The van der Waals surface area contributed by atoms with Gasteiger partial charge in [-0.25, -0.2) is 0 Å². The molecule has 0 saturated heterocycles. The number of nitrogens with zero attached hydrogens (tertiary/aromatic N) is 1. The summed E-state index contributed by atoms with van der Waals surface area (Å²) >= 11 is 1.45. The molecule has 0 aliphatic carbocycles. The number of rotatable bonds is 10. The predicted octanol–water partition coefficient (Wildman–Crippen LogP) is 3.82. The number of carbonyl (C=O) groups excluding carboxylic acids is 2. The average Bonchev–Trinajstić information content (AvgIpc) is 3.55. The van der Waals surface area contributed by atoms with Gasteiger partial charge in [-0.15, -0.1) is 11.8 Å². The highest BCUT2D eigenvalue weighted by molar-refractivity contribution is 7.99. The van der Waals surface area contributed by atoms with Crippen LogP contribution in [-0.4, -0.2) is 44.4 Å². The summed E-state index contributed by atoms with van der Waals surface area (Å²) in [5.41, 5.74) is 2.24. The number of para-hydroxylation sites is 1. The molecule has 10 heteroatoms. The molecule has 0 bridgehead atoms. The van der Waals surface area contributed by atoms with Crippen LogP contribution in [0.25, 0.3) is 10.9 Å². The summed E-state index contributed by atoms with van der Waals surface area (Å²) in [7, 11) is -2.48. The molecule has 0 aliphatic heterocycles. The number of furan rings is 1. The fraction of sp³-hybridized carbons (Fsp3) is 0.167. The lowest BCUT2D eigenvalue weighted by molar-refractivity contribution is -0.107. The lowest BCUT2D eigenvalue weighted by atomic mass is 10.2. The van der Waals surface area contributed by atoms with Crippen molar-refractivity contribution in [1.82, 2.24) is 10.3 Å². The molecular formula is C24H23N3O5S2. The minimum Gasteiger partial charge on any atom is -0.451 e. The molecule has 0 aliphatic rings. The van der Waals surface area contributed by atoms with Gasteiger partial charge in [0.2, 0.25) is 5.09 Å². The molecule has 1 atom stereocenters. The van der Waals surface area contributed by atoms with E-state index in [1.54, 1.807) is 24.3 Å². The first-order chi connectivity index (χ1) is 16.4. The van der Waals surface area contributed by atoms with Crippen LogP contribution in [-0.2, 0) is 20.6 Å². The van der Waals surface area contributed by atoms with Gasteiger partial charge < -0.3 is 19.5 Å². The van der Waals surface area contributed by atoms with Crippen molar-refractivity contribution in [3.8, 4) is 0 Å². The van der Waals surface area contributed by atoms with Crippen molar-refractivity contribution in [2.24, 2.45) is 0 Å². The highest BCUT2D eigenvalue weighted by atomic mass is 32.2. The fourth-order valence-electron chi connectivity index (χ4n) is 3.41. The second kappa shape index (κ2) is 10.2. The summed E-state index contributed by atoms with van der Waals surface area (Å²) in [6, 6.07) is 19.4. The van der Waals surface area contributed by atoms with Gasteiger partial charge in [0.25, 0.3) is 15.9 Å². The van der Waals surface area contributed by atoms with Crippen LogP contribution in [0.15, 0.2) is 82.5 Å². The van der Waals surface area contributed by atoms with Crippen LogP contribution in [0.1, 0.15) is 16.1 Å². The number of thioether (sulfide) groups is 1. The van der Waals surface area contributed by atoms with E-state index in [0.29, 0.717) is 22.3 Å². The smallest absolute Gasteiger partial charge is 0.297 e. The van der Waals surface area contributed by atoms with E-state index in [9.17, 15) is 18.0 Å². The quantitative estimate of drug-likeness (QED) is 0.322. The van der Waals surface area contributed by atoms with E-state index in [1.807, 2.05) is 30.3 Å². The summed E-state index contributed by atoms with van der Waals surface area (Å²) in [4.78, 5) is 27.3. The van der Waals surface area contributed by atoms with E-state index in [4.69, 9.17) is 4.42 Å². The summed E-state index contributed by atoms with van der Waals surface area (Å²) in [5, 5.41) is 2.88. The Labute approximate surface area is 201 Å². The van der Waals surface area contributed by atoms with Crippen LogP contribution in [0, 0.1) is 0 Å². The van der Waals surface area contributed by atoms with Crippen molar-refractivity contribution in [2.45, 2.75) is 16.1 Å². The van der Waals surface area contributed by atoms with Crippen molar-refractivity contribution in [3.63, 3.8) is 0 Å². The van der Waals surface area contributed by atoms with Crippen LogP contribution >= 0.6 is 11.8 Å². The third-order valence-corrected chi connectivity index (χ3v) is 8.11. The number of hydrogen-bond donors (Lipinski definition) is 2. The number of aldehydes is 1. The normalized spacial score (nSPS) is 12.4. The molecule has 8 nitrogen and oxygen atoms in total. The minimum absolute atomic E-state index is 0.175. The molecular weight excluding hydrogens is 474 g/mol. The zero-order valence-corrected chi connectivity index (χ0v) is 19.9. The fourth-order valence-corrected chi connectivity index (χ4v) is 5.40. The van der Waals surface area contributed by atoms with E-state index in [-0.39, 0.29) is 23.2 Å². The minimum atomic E-state index is -3.90. The zero-order chi connectivity index (χ0) is 24.1. The number of nitrogens with one attached hydrogen (secondary N) is 2. The number of fused-ring (bicyclic) bond motifs is 1. The number of anilines is 1. The standard InChI is InChI=1S/C24H23N3O5S2/c1-27(34(30,31)22-11-6-12-32-22)21-10-5-9-18-13-20(26-23(18)21)24(29)25-14-19(15-28)33-16-17-7-3-2-4-8-17/h2-13,15,19,26H,14,16H2,1H3,(H,25,29). The molecule has 1 unspecified atom stereocenters. The Balaban J connectivity index is 1.47. The van der Waals surface area contributed by atoms with E-state index in [0.717, 1.165) is 16.2 Å². The van der Waals surface area contributed by atoms with Gasteiger partial charge in [-0.2, -0.15) is 8.42 Å². The second-order valence-electron chi connectivity index (χ2n) is 7.51. The Hall–Kier alpha value is -3.50. The van der Waals surface area contributed by atoms with Crippen molar-refractivity contribution in [2.75, 3.05) is 17.9 Å². The number of aromatic nitrogens is 1. The Morgan fingerprint density at radius 1 is 1.15 bits per heavy atom. The zero-order valence-electron chi connectivity index (χ0n) is 18.3. The summed E-state index contributed by atoms with van der Waals surface area (Å²) in [5.74, 6) is 0.276. The summed E-state index contributed by atoms with van der Waals surface area (Å²) in [6.07, 6.45) is 2.12. The molecule has 4 aromatic rings. The maximum absolute atomic E-state index is 12.9. The third-order valence-electron chi connectivity index (χ3n) is 5.25. The van der Waals surface area contributed by atoms with Crippen molar-refractivity contribution >= 4 is 50.6 Å². The molecule has 176 valence electrons. The van der Waals surface area contributed by atoms with Crippen LogP contribution in [0.4, 0.5) is 5.69 Å². The first-order valence-corrected chi connectivity index (χ1v) is 12.9. The van der Waals surface area contributed by atoms with Gasteiger partial charge in [-0.05, 0) is 29.8 Å². The number of aromatic amines is 1. The largest absolute Gasteiger partial charge is 0.451 e. The highest BCUT2D eigenvalue weighted by Gasteiger charge is 2.26. The maximum atomic E-state index is 12.9. The molecule has 2 heterocycles. The molecule has 1 amide bonds. The lowest BCUT2D eigenvalue weighted by Gasteiger charge is -2.18. The average molecular weight is 498 g/mol. The number of H-pyrrole nitrogens is 1. The van der Waals surface area contributed by atoms with Gasteiger partial charge in [0.1, 0.15) is 12.0 Å². The molecule has 0 fully saturated rings. The highest BCUT2D eigenvalue weighted by Crippen LogP contribution is 2.30. The second-order valence-corrected chi connectivity index (χ2v) is 10.6. The molecule has 0 spiro atoms. The van der Waals surface area contributed by atoms with Gasteiger partial charge in [0, 0.05) is 24.7 Å². The first kappa shape index (κ1) is 23.7. The third kappa shape index (κ3) is 5.02. The topological polar surface area (TPSA) is 112 Å². The van der Waals surface area contributed by atoms with Crippen molar-refractivity contribution < 1.29 is 22.4 Å². The van der Waals surface area contributed by atoms with Crippen LogP contribution in [0.2, 0.25) is 0 Å². The van der Waals surface area contributed by atoms with Crippen LogP contribution in [0.5, 0.6) is 0 Å². The number of sulfonamides is 1. The van der Waals surface area contributed by atoms with Crippen molar-refractivity contribution in [1.29, 1.82) is 0 Å². The number of benzene rings is 2.